The molecule has 0 atom stereocenters. The van der Waals surface area contributed by atoms with E-state index in [2.05, 4.69) is 23.3 Å². The molecule has 0 radical (unpaired) electrons. The van der Waals surface area contributed by atoms with Crippen LogP contribution in [-0.4, -0.2) is 23.1 Å². The van der Waals surface area contributed by atoms with Gasteiger partial charge in [-0.25, -0.2) is 9.78 Å². The van der Waals surface area contributed by atoms with E-state index in [1.807, 2.05) is 19.1 Å². The number of pyridine rings is 1. The Morgan fingerprint density at radius 3 is 2.47 bits per heavy atom. The van der Waals surface area contributed by atoms with Gasteiger partial charge in [-0.1, -0.05) is 12.1 Å². The van der Waals surface area contributed by atoms with E-state index in [4.69, 9.17) is 5.11 Å². The lowest BCUT2D eigenvalue weighted by atomic mass is 10.0. The highest BCUT2D eigenvalue weighted by atomic mass is 16.4. The number of benzene rings is 1. The molecule has 1 aromatic carbocycles. The number of carbonyl (C=O) groups is 1. The molecule has 2 N–H and O–H groups in total. The zero-order chi connectivity index (χ0) is 14.0. The smallest absolute Gasteiger partial charge is 0.339 e. The topological polar surface area (TPSA) is 62.2 Å². The molecule has 0 fully saturated rings. The number of rotatable bonds is 3. The van der Waals surface area contributed by atoms with Crippen LogP contribution in [0.4, 0.5) is 5.82 Å². The second-order valence-electron chi connectivity index (χ2n) is 4.45. The minimum atomic E-state index is -0.983. The summed E-state index contributed by atoms with van der Waals surface area (Å²) in [5, 5.41) is 11.9. The fourth-order valence-electron chi connectivity index (χ4n) is 1.88. The maximum atomic E-state index is 11.0. The number of carboxylic acid groups (broad SMARTS) is 1. The Kier molecular flexibility index (Phi) is 3.51. The summed E-state index contributed by atoms with van der Waals surface area (Å²) in [5.41, 5.74) is 4.33. The molecule has 1 aromatic heterocycles. The summed E-state index contributed by atoms with van der Waals surface area (Å²) in [5.74, 6) is -0.605. The van der Waals surface area contributed by atoms with Crippen molar-refractivity contribution in [2.45, 2.75) is 13.8 Å². The Bertz CT molecular complexity index is 636. The fraction of sp³-hybridized carbons (Fsp3) is 0.200. The van der Waals surface area contributed by atoms with Crippen LogP contribution in [0, 0.1) is 13.8 Å². The summed E-state index contributed by atoms with van der Waals surface area (Å²) in [4.78, 5) is 15.4. The normalized spacial score (nSPS) is 10.3. The fourth-order valence-corrected chi connectivity index (χ4v) is 1.88. The molecule has 19 heavy (non-hydrogen) atoms. The summed E-state index contributed by atoms with van der Waals surface area (Å²) >= 11 is 0. The van der Waals surface area contributed by atoms with Crippen molar-refractivity contribution in [3.05, 3.63) is 47.0 Å². The Labute approximate surface area is 112 Å². The van der Waals surface area contributed by atoms with Gasteiger partial charge in [-0.15, -0.1) is 0 Å². The number of nitrogens with zero attached hydrogens (tertiary/aromatic N) is 1. The predicted octanol–water partition coefficient (Wildman–Crippen LogP) is 3.11. The van der Waals surface area contributed by atoms with Crippen LogP contribution in [0.1, 0.15) is 21.5 Å². The Morgan fingerprint density at radius 1 is 1.16 bits per heavy atom. The van der Waals surface area contributed by atoms with Gasteiger partial charge < -0.3 is 10.4 Å². The average Bonchev–Trinajstić information content (AvgIpc) is 2.41. The summed E-state index contributed by atoms with van der Waals surface area (Å²) in [6.07, 6.45) is 0. The van der Waals surface area contributed by atoms with Gasteiger partial charge in [0.15, 0.2) is 0 Å². The van der Waals surface area contributed by atoms with E-state index in [0.717, 1.165) is 11.3 Å². The molecule has 2 aromatic rings. The van der Waals surface area contributed by atoms with Crippen molar-refractivity contribution in [3.63, 3.8) is 0 Å². The van der Waals surface area contributed by atoms with Crippen molar-refractivity contribution in [2.75, 3.05) is 12.4 Å². The lowest BCUT2D eigenvalue weighted by Crippen LogP contribution is -2.05. The second-order valence-corrected chi connectivity index (χ2v) is 4.45. The molecule has 4 heteroatoms. The quantitative estimate of drug-likeness (QED) is 0.885. The molecule has 0 saturated heterocycles. The van der Waals surface area contributed by atoms with Crippen molar-refractivity contribution < 1.29 is 9.90 Å². The molecular formula is C15H16N2O2. The molecule has 0 unspecified atom stereocenters. The van der Waals surface area contributed by atoms with E-state index in [1.165, 1.54) is 11.1 Å². The van der Waals surface area contributed by atoms with Gasteiger partial charge in [0.2, 0.25) is 0 Å². The predicted molar refractivity (Wildman–Crippen MR) is 75.7 cm³/mol. The number of hydrogen-bond donors (Lipinski definition) is 2. The van der Waals surface area contributed by atoms with Gasteiger partial charge >= 0.3 is 5.97 Å². The molecule has 98 valence electrons. The molecule has 0 spiro atoms. The first-order chi connectivity index (χ1) is 9.02. The third-order valence-electron chi connectivity index (χ3n) is 3.17. The average molecular weight is 256 g/mol. The molecule has 0 aliphatic heterocycles. The summed E-state index contributed by atoms with van der Waals surface area (Å²) in [7, 11) is 1.67. The summed E-state index contributed by atoms with van der Waals surface area (Å²) in [6, 6.07) is 9.39. The minimum Gasteiger partial charge on any atom is -0.478 e. The number of hydrogen-bond acceptors (Lipinski definition) is 3. The van der Waals surface area contributed by atoms with E-state index in [-0.39, 0.29) is 5.56 Å². The minimum absolute atomic E-state index is 0.176. The first-order valence-corrected chi connectivity index (χ1v) is 6.02. The molecule has 4 nitrogen and oxygen atoms in total. The van der Waals surface area contributed by atoms with E-state index < -0.39 is 5.97 Å². The van der Waals surface area contributed by atoms with Crippen molar-refractivity contribution in [1.29, 1.82) is 0 Å². The van der Waals surface area contributed by atoms with Crippen LogP contribution in [0.3, 0.4) is 0 Å². The molecule has 0 aliphatic carbocycles. The Morgan fingerprint density at radius 2 is 1.89 bits per heavy atom. The third kappa shape index (κ3) is 2.57. The number of carboxylic acids is 1. The molecule has 2 rings (SSSR count). The standard InChI is InChI=1S/C15H16N2O2/c1-9-4-5-11(8-10(9)2)13-7-6-12(15(18)19)14(16-3)17-13/h4-8H,1-3H3,(H,16,17)(H,18,19). The monoisotopic (exact) mass is 256 g/mol. The van der Waals surface area contributed by atoms with Crippen molar-refractivity contribution >= 4 is 11.8 Å². The van der Waals surface area contributed by atoms with Gasteiger partial charge in [0, 0.05) is 12.6 Å². The Hall–Kier alpha value is -2.36. The van der Waals surface area contributed by atoms with Crippen LogP contribution in [0.15, 0.2) is 30.3 Å². The van der Waals surface area contributed by atoms with Gasteiger partial charge in [0.25, 0.3) is 0 Å². The highest BCUT2D eigenvalue weighted by Gasteiger charge is 2.12. The van der Waals surface area contributed by atoms with Crippen LogP contribution in [0.2, 0.25) is 0 Å². The SMILES string of the molecule is CNc1nc(-c2ccc(C)c(C)c2)ccc1C(=O)O. The van der Waals surface area contributed by atoms with Crippen LogP contribution in [0.5, 0.6) is 0 Å². The largest absolute Gasteiger partial charge is 0.478 e. The summed E-state index contributed by atoms with van der Waals surface area (Å²) in [6.45, 7) is 4.10. The number of aromatic nitrogens is 1. The van der Waals surface area contributed by atoms with Gasteiger partial charge in [-0.3, -0.25) is 0 Å². The summed E-state index contributed by atoms with van der Waals surface area (Å²) < 4.78 is 0. The highest BCUT2D eigenvalue weighted by Crippen LogP contribution is 2.23. The Balaban J connectivity index is 2.51. The maximum Gasteiger partial charge on any atom is 0.339 e. The molecule has 1 heterocycles. The number of aryl methyl sites for hydroxylation is 2. The first kappa shape index (κ1) is 13.1. The van der Waals surface area contributed by atoms with Crippen LogP contribution >= 0.6 is 0 Å². The van der Waals surface area contributed by atoms with Crippen LogP contribution in [0.25, 0.3) is 11.3 Å². The van der Waals surface area contributed by atoms with Crippen molar-refractivity contribution in [3.8, 4) is 11.3 Å². The lowest BCUT2D eigenvalue weighted by Gasteiger charge is -2.09. The molecule has 0 amide bonds. The van der Waals surface area contributed by atoms with Gasteiger partial charge in [-0.05, 0) is 43.2 Å². The van der Waals surface area contributed by atoms with Crippen molar-refractivity contribution in [1.82, 2.24) is 4.98 Å². The molecule has 0 saturated carbocycles. The zero-order valence-electron chi connectivity index (χ0n) is 11.2. The zero-order valence-corrected chi connectivity index (χ0v) is 11.2. The molecular weight excluding hydrogens is 240 g/mol. The molecule has 0 aliphatic rings. The van der Waals surface area contributed by atoms with Gasteiger partial charge in [0.05, 0.1) is 5.69 Å². The van der Waals surface area contributed by atoms with E-state index in [0.29, 0.717) is 5.82 Å². The lowest BCUT2D eigenvalue weighted by molar-refractivity contribution is 0.0697. The van der Waals surface area contributed by atoms with Gasteiger partial charge in [-0.2, -0.15) is 0 Å². The van der Waals surface area contributed by atoms with Crippen LogP contribution in [-0.2, 0) is 0 Å². The number of nitrogens with one attached hydrogen (secondary N) is 1. The van der Waals surface area contributed by atoms with Gasteiger partial charge in [0.1, 0.15) is 11.4 Å². The number of anilines is 1. The third-order valence-corrected chi connectivity index (χ3v) is 3.17. The first-order valence-electron chi connectivity index (χ1n) is 6.02. The van der Waals surface area contributed by atoms with E-state index >= 15 is 0 Å². The second kappa shape index (κ2) is 5.10. The van der Waals surface area contributed by atoms with E-state index in [1.54, 1.807) is 19.2 Å². The van der Waals surface area contributed by atoms with E-state index in [9.17, 15) is 4.79 Å². The highest BCUT2D eigenvalue weighted by molar-refractivity contribution is 5.93. The van der Waals surface area contributed by atoms with Crippen molar-refractivity contribution in [2.24, 2.45) is 0 Å². The van der Waals surface area contributed by atoms with Crippen LogP contribution < -0.4 is 5.32 Å². The number of aromatic carboxylic acids is 1. The maximum absolute atomic E-state index is 11.0. The molecule has 0 bridgehead atoms.